The molecule has 0 atom stereocenters. The van der Waals surface area contributed by atoms with Crippen molar-refractivity contribution in [3.05, 3.63) is 69.2 Å². The number of hydrogen-bond donors (Lipinski definition) is 0. The lowest BCUT2D eigenvalue weighted by Crippen LogP contribution is -2.08. The number of halogens is 3. The minimum atomic E-state index is -0.842. The highest BCUT2D eigenvalue weighted by Gasteiger charge is 2.20. The second-order valence-electron chi connectivity index (χ2n) is 3.89. The van der Waals surface area contributed by atoms with E-state index in [9.17, 15) is 13.6 Å². The van der Waals surface area contributed by atoms with Gasteiger partial charge < -0.3 is 0 Å². The first kappa shape index (κ1) is 12.9. The highest BCUT2D eigenvalue weighted by molar-refractivity contribution is 9.10. The summed E-state index contributed by atoms with van der Waals surface area (Å²) in [6.45, 7) is 1.49. The largest absolute Gasteiger partial charge is 0.288 e. The maximum Gasteiger partial charge on any atom is 0.198 e. The molecule has 2 aromatic rings. The SMILES string of the molecule is Cc1ccc(F)c(C(=O)c2ccc(Br)cc2)c1F. The Morgan fingerprint density at radius 2 is 1.67 bits per heavy atom. The molecular weight excluding hydrogens is 302 g/mol. The molecule has 18 heavy (non-hydrogen) atoms. The van der Waals surface area contributed by atoms with Crippen LogP contribution in [0, 0.1) is 18.6 Å². The van der Waals surface area contributed by atoms with E-state index in [1.807, 2.05) is 0 Å². The van der Waals surface area contributed by atoms with Crippen LogP contribution in [0.3, 0.4) is 0 Å². The summed E-state index contributed by atoms with van der Waals surface area (Å²) in [6, 6.07) is 8.76. The Balaban J connectivity index is 2.52. The van der Waals surface area contributed by atoms with Gasteiger partial charge in [0.25, 0.3) is 0 Å². The third-order valence-corrected chi connectivity index (χ3v) is 3.15. The summed E-state index contributed by atoms with van der Waals surface area (Å²) in [4.78, 5) is 12.1. The van der Waals surface area contributed by atoms with Gasteiger partial charge in [0.1, 0.15) is 11.6 Å². The average Bonchev–Trinajstić information content (AvgIpc) is 2.35. The van der Waals surface area contributed by atoms with E-state index < -0.39 is 23.0 Å². The van der Waals surface area contributed by atoms with Gasteiger partial charge in [-0.1, -0.05) is 22.0 Å². The first-order valence-electron chi connectivity index (χ1n) is 5.25. The van der Waals surface area contributed by atoms with Gasteiger partial charge in [-0.05, 0) is 42.8 Å². The van der Waals surface area contributed by atoms with Gasteiger partial charge in [-0.2, -0.15) is 0 Å². The Morgan fingerprint density at radius 1 is 1.06 bits per heavy atom. The Bertz CT molecular complexity index is 606. The van der Waals surface area contributed by atoms with Crippen molar-refractivity contribution < 1.29 is 13.6 Å². The third-order valence-electron chi connectivity index (χ3n) is 2.62. The van der Waals surface area contributed by atoms with Gasteiger partial charge in [0.2, 0.25) is 0 Å². The van der Waals surface area contributed by atoms with Crippen LogP contribution in [-0.2, 0) is 0 Å². The van der Waals surface area contributed by atoms with Gasteiger partial charge in [0, 0.05) is 10.0 Å². The Morgan fingerprint density at radius 3 is 2.28 bits per heavy atom. The zero-order valence-electron chi connectivity index (χ0n) is 9.51. The lowest BCUT2D eigenvalue weighted by atomic mass is 10.0. The van der Waals surface area contributed by atoms with Crippen LogP contribution in [0.15, 0.2) is 40.9 Å². The fourth-order valence-electron chi connectivity index (χ4n) is 1.61. The molecule has 92 valence electrons. The number of carbonyl (C=O) groups is 1. The second kappa shape index (κ2) is 4.98. The van der Waals surface area contributed by atoms with Crippen molar-refractivity contribution in [1.29, 1.82) is 0 Å². The standard InChI is InChI=1S/C14H9BrF2O/c1-8-2-7-11(16)12(13(8)17)14(18)9-3-5-10(15)6-4-9/h2-7H,1H3. The number of benzene rings is 2. The second-order valence-corrected chi connectivity index (χ2v) is 4.80. The molecule has 4 heteroatoms. The summed E-state index contributed by atoms with van der Waals surface area (Å²) >= 11 is 3.23. The van der Waals surface area contributed by atoms with E-state index in [0.717, 1.165) is 10.5 Å². The molecule has 0 aliphatic rings. The van der Waals surface area contributed by atoms with Gasteiger partial charge in [-0.15, -0.1) is 0 Å². The Kier molecular flexibility index (Phi) is 3.57. The monoisotopic (exact) mass is 310 g/mol. The molecule has 0 aliphatic heterocycles. The van der Waals surface area contributed by atoms with Crippen molar-refractivity contribution in [1.82, 2.24) is 0 Å². The van der Waals surface area contributed by atoms with Gasteiger partial charge in [0.15, 0.2) is 5.78 Å². The Labute approximate surface area is 112 Å². The first-order valence-corrected chi connectivity index (χ1v) is 6.05. The van der Waals surface area contributed by atoms with Crippen LogP contribution >= 0.6 is 15.9 Å². The lowest BCUT2D eigenvalue weighted by molar-refractivity contribution is 0.103. The fourth-order valence-corrected chi connectivity index (χ4v) is 1.87. The molecule has 0 amide bonds. The minimum Gasteiger partial charge on any atom is -0.288 e. The quantitative estimate of drug-likeness (QED) is 0.757. The predicted molar refractivity (Wildman–Crippen MR) is 68.7 cm³/mol. The van der Waals surface area contributed by atoms with E-state index in [1.54, 1.807) is 12.1 Å². The van der Waals surface area contributed by atoms with Crippen molar-refractivity contribution in [3.8, 4) is 0 Å². The maximum absolute atomic E-state index is 13.8. The molecule has 0 N–H and O–H groups in total. The van der Waals surface area contributed by atoms with Crippen molar-refractivity contribution >= 4 is 21.7 Å². The third kappa shape index (κ3) is 2.34. The molecule has 0 unspecified atom stereocenters. The van der Waals surface area contributed by atoms with E-state index in [0.29, 0.717) is 0 Å². The lowest BCUT2D eigenvalue weighted by Gasteiger charge is -2.06. The molecular formula is C14H9BrF2O. The predicted octanol–water partition coefficient (Wildman–Crippen LogP) is 4.27. The van der Waals surface area contributed by atoms with E-state index >= 15 is 0 Å². The molecule has 0 aromatic heterocycles. The Hall–Kier alpha value is -1.55. The summed E-state index contributed by atoms with van der Waals surface area (Å²) in [7, 11) is 0. The molecule has 1 nitrogen and oxygen atoms in total. The van der Waals surface area contributed by atoms with Crippen LogP contribution in [0.5, 0.6) is 0 Å². The van der Waals surface area contributed by atoms with Crippen molar-refractivity contribution in [2.45, 2.75) is 6.92 Å². The molecule has 0 saturated carbocycles. The van der Waals surface area contributed by atoms with Crippen LogP contribution < -0.4 is 0 Å². The molecule has 0 spiro atoms. The topological polar surface area (TPSA) is 17.1 Å². The van der Waals surface area contributed by atoms with Crippen molar-refractivity contribution in [3.63, 3.8) is 0 Å². The molecule has 0 aliphatic carbocycles. The zero-order valence-corrected chi connectivity index (χ0v) is 11.1. The van der Waals surface area contributed by atoms with Crippen LogP contribution in [-0.4, -0.2) is 5.78 Å². The molecule has 0 saturated heterocycles. The molecule has 0 bridgehead atoms. The van der Waals surface area contributed by atoms with E-state index in [-0.39, 0.29) is 11.1 Å². The molecule has 2 rings (SSSR count). The van der Waals surface area contributed by atoms with Crippen molar-refractivity contribution in [2.75, 3.05) is 0 Å². The fraction of sp³-hybridized carbons (Fsp3) is 0.0714. The highest BCUT2D eigenvalue weighted by atomic mass is 79.9. The number of carbonyl (C=O) groups excluding carboxylic acids is 1. The summed E-state index contributed by atoms with van der Waals surface area (Å²) in [5.41, 5.74) is -0.00390. The van der Waals surface area contributed by atoms with Crippen LogP contribution in [0.25, 0.3) is 0 Å². The first-order chi connectivity index (χ1) is 8.50. The number of aryl methyl sites for hydroxylation is 1. The summed E-state index contributed by atoms with van der Waals surface area (Å²) in [5.74, 6) is -2.30. The zero-order chi connectivity index (χ0) is 13.3. The number of hydrogen-bond acceptors (Lipinski definition) is 1. The van der Waals surface area contributed by atoms with Crippen LogP contribution in [0.4, 0.5) is 8.78 Å². The van der Waals surface area contributed by atoms with Gasteiger partial charge in [0.05, 0.1) is 5.56 Å². The molecule has 2 aromatic carbocycles. The normalized spacial score (nSPS) is 10.4. The summed E-state index contributed by atoms with van der Waals surface area (Å²) in [5, 5.41) is 0. The van der Waals surface area contributed by atoms with E-state index in [1.165, 1.54) is 25.1 Å². The van der Waals surface area contributed by atoms with Gasteiger partial charge in [-0.3, -0.25) is 4.79 Å². The molecule has 0 radical (unpaired) electrons. The number of ketones is 1. The molecule has 0 heterocycles. The van der Waals surface area contributed by atoms with Crippen molar-refractivity contribution in [2.24, 2.45) is 0 Å². The smallest absolute Gasteiger partial charge is 0.198 e. The summed E-state index contributed by atoms with van der Waals surface area (Å²) in [6.07, 6.45) is 0. The van der Waals surface area contributed by atoms with Gasteiger partial charge in [-0.25, -0.2) is 8.78 Å². The average molecular weight is 311 g/mol. The van der Waals surface area contributed by atoms with Gasteiger partial charge >= 0.3 is 0 Å². The van der Waals surface area contributed by atoms with Crippen LogP contribution in [0.1, 0.15) is 21.5 Å². The van der Waals surface area contributed by atoms with Crippen LogP contribution in [0.2, 0.25) is 0 Å². The maximum atomic E-state index is 13.8. The highest BCUT2D eigenvalue weighted by Crippen LogP contribution is 2.21. The number of rotatable bonds is 2. The minimum absolute atomic E-state index is 0.247. The van der Waals surface area contributed by atoms with E-state index in [2.05, 4.69) is 15.9 Å². The van der Waals surface area contributed by atoms with E-state index in [4.69, 9.17) is 0 Å². The molecule has 0 fully saturated rings. The summed E-state index contributed by atoms with van der Waals surface area (Å²) < 4.78 is 28.2.